The van der Waals surface area contributed by atoms with Crippen molar-refractivity contribution < 1.29 is 9.53 Å². The van der Waals surface area contributed by atoms with E-state index in [1.165, 1.54) is 6.21 Å². The van der Waals surface area contributed by atoms with Gasteiger partial charge in [-0.25, -0.2) is 4.79 Å². The zero-order valence-corrected chi connectivity index (χ0v) is 18.1. The summed E-state index contributed by atoms with van der Waals surface area (Å²) < 4.78 is 6.33. The van der Waals surface area contributed by atoms with Crippen molar-refractivity contribution >= 4 is 62.7 Å². The van der Waals surface area contributed by atoms with Crippen molar-refractivity contribution in [3.05, 3.63) is 93.4 Å². The van der Waals surface area contributed by atoms with Crippen LogP contribution < -0.4 is 15.5 Å². The second kappa shape index (κ2) is 10.2. The molecule has 0 saturated carbocycles. The van der Waals surface area contributed by atoms with Crippen molar-refractivity contribution in [2.45, 2.75) is 0 Å². The van der Waals surface area contributed by atoms with E-state index in [4.69, 9.17) is 28.6 Å². The third-order valence-electron chi connectivity index (χ3n) is 3.64. The Morgan fingerprint density at radius 2 is 1.86 bits per heavy atom. The zero-order chi connectivity index (χ0) is 20.6. The molecule has 0 aromatic heterocycles. The molecule has 0 radical (unpaired) electrons. The maximum absolute atomic E-state index is 12.3. The van der Waals surface area contributed by atoms with Crippen molar-refractivity contribution in [3.8, 4) is 5.75 Å². The highest BCUT2D eigenvalue weighted by atomic mass is 79.9. The third-order valence-corrected chi connectivity index (χ3v) is 4.56. The minimum absolute atomic E-state index is 0.293. The first-order valence-corrected chi connectivity index (χ1v) is 10.0. The van der Waals surface area contributed by atoms with Gasteiger partial charge in [-0.15, -0.1) is 0 Å². The number of thiocarbonyl (C=S) groups is 1. The summed E-state index contributed by atoms with van der Waals surface area (Å²) in [5.74, 6) is -0.0741. The molecule has 8 heteroatoms. The van der Waals surface area contributed by atoms with Gasteiger partial charge in [0, 0.05) is 20.7 Å². The number of hydrogen-bond acceptors (Lipinski definition) is 4. The van der Waals surface area contributed by atoms with Crippen LogP contribution in [-0.2, 0) is 0 Å². The minimum atomic E-state index is -0.450. The second-order valence-electron chi connectivity index (χ2n) is 5.77. The lowest BCUT2D eigenvalue weighted by Gasteiger charge is -2.09. The Hall–Kier alpha value is -2.74. The normalized spacial score (nSPS) is 10.6. The van der Waals surface area contributed by atoms with Gasteiger partial charge in [0.2, 0.25) is 0 Å². The predicted octanol–water partition coefficient (Wildman–Crippen LogP) is 5.64. The summed E-state index contributed by atoms with van der Waals surface area (Å²) in [5, 5.41) is 7.98. The molecule has 0 heterocycles. The lowest BCUT2D eigenvalue weighted by Crippen LogP contribution is -2.23. The van der Waals surface area contributed by atoms with Crippen molar-refractivity contribution in [1.29, 1.82) is 0 Å². The SMILES string of the molecule is O=C(Oc1ccc(Br)cc1C=NNC(=S)Nc1cccc(Cl)c1)c1ccccc1. The molecule has 29 heavy (non-hydrogen) atoms. The first-order chi connectivity index (χ1) is 14.0. The minimum Gasteiger partial charge on any atom is -0.422 e. The Balaban J connectivity index is 1.67. The first-order valence-electron chi connectivity index (χ1n) is 8.44. The molecule has 0 atom stereocenters. The van der Waals surface area contributed by atoms with Crippen molar-refractivity contribution in [2.24, 2.45) is 5.10 Å². The van der Waals surface area contributed by atoms with Crippen LogP contribution in [0.1, 0.15) is 15.9 Å². The molecular formula is C21H15BrClN3O2S. The fraction of sp³-hybridized carbons (Fsp3) is 0. The van der Waals surface area contributed by atoms with Crippen LogP contribution in [0.15, 0.2) is 82.4 Å². The molecule has 0 saturated heterocycles. The quantitative estimate of drug-likeness (QED) is 0.160. The summed E-state index contributed by atoms with van der Waals surface area (Å²) in [6.45, 7) is 0. The molecule has 0 bridgehead atoms. The molecule has 3 aromatic carbocycles. The van der Waals surface area contributed by atoms with E-state index in [2.05, 4.69) is 31.8 Å². The number of nitrogens with zero attached hydrogens (tertiary/aromatic N) is 1. The van der Waals surface area contributed by atoms with E-state index in [-0.39, 0.29) is 0 Å². The van der Waals surface area contributed by atoms with Gasteiger partial charge in [-0.1, -0.05) is 51.8 Å². The Kier molecular flexibility index (Phi) is 7.35. The standard InChI is InChI=1S/C21H15BrClN3O2S/c22-16-9-10-19(28-20(27)14-5-2-1-3-6-14)15(11-16)13-24-26-21(29)25-18-8-4-7-17(23)12-18/h1-13H,(H2,25,26,29). The fourth-order valence-electron chi connectivity index (χ4n) is 2.33. The number of benzene rings is 3. The summed E-state index contributed by atoms with van der Waals surface area (Å²) in [5.41, 5.74) is 4.52. The number of anilines is 1. The molecule has 0 spiro atoms. The topological polar surface area (TPSA) is 62.7 Å². The largest absolute Gasteiger partial charge is 0.422 e. The van der Waals surface area contributed by atoms with Crippen molar-refractivity contribution in [3.63, 3.8) is 0 Å². The highest BCUT2D eigenvalue weighted by molar-refractivity contribution is 9.10. The monoisotopic (exact) mass is 487 g/mol. The van der Waals surface area contributed by atoms with Crippen LogP contribution in [0, 0.1) is 0 Å². The van der Waals surface area contributed by atoms with Crippen molar-refractivity contribution in [2.75, 3.05) is 5.32 Å². The van der Waals surface area contributed by atoms with E-state index in [0.29, 0.717) is 27.0 Å². The van der Waals surface area contributed by atoms with Gasteiger partial charge in [0.05, 0.1) is 11.8 Å². The summed E-state index contributed by atoms with van der Waals surface area (Å²) in [4.78, 5) is 12.3. The summed E-state index contributed by atoms with van der Waals surface area (Å²) >= 11 is 14.6. The molecule has 5 nitrogen and oxygen atoms in total. The molecule has 0 aliphatic heterocycles. The molecule has 0 aliphatic carbocycles. The van der Waals surface area contributed by atoms with E-state index in [0.717, 1.165) is 10.2 Å². The smallest absolute Gasteiger partial charge is 0.343 e. The van der Waals surface area contributed by atoms with Crippen LogP contribution in [0.2, 0.25) is 5.02 Å². The van der Waals surface area contributed by atoms with E-state index in [9.17, 15) is 4.79 Å². The van der Waals surface area contributed by atoms with Gasteiger partial charge in [0.1, 0.15) is 5.75 Å². The van der Waals surface area contributed by atoms with Gasteiger partial charge in [-0.05, 0) is 60.7 Å². The number of ether oxygens (including phenoxy) is 1. The molecular weight excluding hydrogens is 474 g/mol. The van der Waals surface area contributed by atoms with E-state index in [1.807, 2.05) is 18.2 Å². The Bertz CT molecular complexity index is 1060. The average Bonchev–Trinajstić information content (AvgIpc) is 2.70. The second-order valence-corrected chi connectivity index (χ2v) is 7.53. The Morgan fingerprint density at radius 3 is 2.62 bits per heavy atom. The van der Waals surface area contributed by atoms with Gasteiger partial charge in [0.25, 0.3) is 0 Å². The number of hydrazone groups is 1. The lowest BCUT2D eigenvalue weighted by molar-refractivity contribution is 0.0734. The van der Waals surface area contributed by atoms with Gasteiger partial charge in [-0.2, -0.15) is 5.10 Å². The number of carbonyl (C=O) groups is 1. The molecule has 0 amide bonds. The number of hydrogen-bond donors (Lipinski definition) is 2. The van der Waals surface area contributed by atoms with Gasteiger partial charge in [-0.3, -0.25) is 5.43 Å². The zero-order valence-electron chi connectivity index (χ0n) is 14.9. The van der Waals surface area contributed by atoms with Gasteiger partial charge >= 0.3 is 5.97 Å². The van der Waals surface area contributed by atoms with Crippen LogP contribution in [0.25, 0.3) is 0 Å². The third kappa shape index (κ3) is 6.39. The molecule has 3 aromatic rings. The average molecular weight is 489 g/mol. The molecule has 0 unspecified atom stereocenters. The van der Waals surface area contributed by atoms with Gasteiger partial charge < -0.3 is 10.1 Å². The number of rotatable bonds is 5. The van der Waals surface area contributed by atoms with Crippen molar-refractivity contribution in [1.82, 2.24) is 5.43 Å². The maximum atomic E-state index is 12.3. The fourth-order valence-corrected chi connectivity index (χ4v) is 3.07. The number of halogens is 2. The molecule has 146 valence electrons. The van der Waals surface area contributed by atoms with Gasteiger partial charge in [0.15, 0.2) is 5.11 Å². The number of nitrogens with one attached hydrogen (secondary N) is 2. The van der Waals surface area contributed by atoms with E-state index < -0.39 is 5.97 Å². The van der Waals surface area contributed by atoms with Crippen LogP contribution >= 0.6 is 39.7 Å². The first kappa shape index (κ1) is 21.0. The van der Waals surface area contributed by atoms with E-state index in [1.54, 1.807) is 54.6 Å². The molecule has 3 rings (SSSR count). The van der Waals surface area contributed by atoms with Crippen LogP contribution in [0.4, 0.5) is 5.69 Å². The lowest BCUT2D eigenvalue weighted by atomic mass is 10.2. The van der Waals surface area contributed by atoms with Crippen LogP contribution in [0.5, 0.6) is 5.75 Å². The Morgan fingerprint density at radius 1 is 1.07 bits per heavy atom. The summed E-state index contributed by atoms with van der Waals surface area (Å²) in [7, 11) is 0. The summed E-state index contributed by atoms with van der Waals surface area (Å²) in [6, 6.07) is 21.2. The van der Waals surface area contributed by atoms with Crippen LogP contribution in [0.3, 0.4) is 0 Å². The maximum Gasteiger partial charge on any atom is 0.343 e. The highest BCUT2D eigenvalue weighted by Crippen LogP contribution is 2.23. The van der Waals surface area contributed by atoms with E-state index >= 15 is 0 Å². The summed E-state index contributed by atoms with van der Waals surface area (Å²) in [6.07, 6.45) is 1.52. The number of carbonyl (C=O) groups excluding carboxylic acids is 1. The highest BCUT2D eigenvalue weighted by Gasteiger charge is 2.11. The Labute approximate surface area is 186 Å². The predicted molar refractivity (Wildman–Crippen MR) is 124 cm³/mol. The molecule has 2 N–H and O–H groups in total. The number of esters is 1. The molecule has 0 fully saturated rings. The molecule has 0 aliphatic rings. The van der Waals surface area contributed by atoms with Crippen LogP contribution in [-0.4, -0.2) is 17.3 Å².